The molecular weight excluding hydrogens is 342 g/mol. The van der Waals surface area contributed by atoms with E-state index in [2.05, 4.69) is 40.3 Å². The molecule has 132 valence electrons. The molecule has 1 aliphatic rings. The molecule has 26 heavy (non-hydrogen) atoms. The minimum Gasteiger partial charge on any atom is -0.459 e. The van der Waals surface area contributed by atoms with Gasteiger partial charge in [-0.15, -0.1) is 0 Å². The first-order valence-corrected chi connectivity index (χ1v) is 9.32. The van der Waals surface area contributed by atoms with Gasteiger partial charge < -0.3 is 14.6 Å². The molecule has 0 bridgehead atoms. The van der Waals surface area contributed by atoms with Gasteiger partial charge in [-0.2, -0.15) is 0 Å². The van der Waals surface area contributed by atoms with E-state index in [0.717, 1.165) is 40.9 Å². The van der Waals surface area contributed by atoms with Crippen molar-refractivity contribution in [1.82, 2.24) is 15.2 Å². The summed E-state index contributed by atoms with van der Waals surface area (Å²) in [6, 6.07) is 20.2. The number of hydrogen-bond donors (Lipinski definition) is 1. The van der Waals surface area contributed by atoms with Gasteiger partial charge in [0.15, 0.2) is 5.11 Å². The summed E-state index contributed by atoms with van der Waals surface area (Å²) in [6.07, 6.45) is 2.83. The second kappa shape index (κ2) is 7.30. The SMILES string of the molecule is CCCN1C(=S)N[C@H](c2ccccn2)[C@H]1c1ccc(-c2ccccc2)o1. The van der Waals surface area contributed by atoms with Gasteiger partial charge in [-0.05, 0) is 42.9 Å². The number of furan rings is 1. The maximum Gasteiger partial charge on any atom is 0.170 e. The van der Waals surface area contributed by atoms with Crippen molar-refractivity contribution >= 4 is 17.3 Å². The van der Waals surface area contributed by atoms with Crippen molar-refractivity contribution in [2.45, 2.75) is 25.4 Å². The molecule has 3 aromatic rings. The van der Waals surface area contributed by atoms with E-state index in [1.165, 1.54) is 0 Å². The molecule has 0 radical (unpaired) electrons. The fourth-order valence-electron chi connectivity index (χ4n) is 3.47. The number of nitrogens with one attached hydrogen (secondary N) is 1. The predicted octanol–water partition coefficient (Wildman–Crippen LogP) is 4.72. The third kappa shape index (κ3) is 3.10. The second-order valence-electron chi connectivity index (χ2n) is 6.39. The smallest absolute Gasteiger partial charge is 0.170 e. The van der Waals surface area contributed by atoms with E-state index in [1.54, 1.807) is 0 Å². The van der Waals surface area contributed by atoms with E-state index < -0.39 is 0 Å². The zero-order chi connectivity index (χ0) is 17.9. The van der Waals surface area contributed by atoms with Crippen molar-refractivity contribution in [3.8, 4) is 11.3 Å². The lowest BCUT2D eigenvalue weighted by atomic mass is 10.0. The Morgan fingerprint density at radius 3 is 2.62 bits per heavy atom. The van der Waals surface area contributed by atoms with E-state index in [1.807, 2.05) is 48.7 Å². The van der Waals surface area contributed by atoms with E-state index in [-0.39, 0.29) is 12.1 Å². The molecule has 1 N–H and O–H groups in total. The number of aromatic nitrogens is 1. The van der Waals surface area contributed by atoms with Gasteiger partial charge in [0.1, 0.15) is 17.6 Å². The van der Waals surface area contributed by atoms with Gasteiger partial charge in [0.05, 0.1) is 11.7 Å². The molecule has 0 saturated carbocycles. The number of thiocarbonyl (C=S) groups is 1. The van der Waals surface area contributed by atoms with Gasteiger partial charge in [0.25, 0.3) is 0 Å². The van der Waals surface area contributed by atoms with Gasteiger partial charge in [0, 0.05) is 18.3 Å². The standard InChI is InChI=1S/C21H21N3OS/c1-2-14-24-20(19(23-21(24)26)16-10-6-7-13-22-16)18-12-11-17(25-18)15-8-4-3-5-9-15/h3-13,19-20H,2,14H2,1H3,(H,23,26)/t19-,20-/m1/s1. The van der Waals surface area contributed by atoms with Crippen molar-refractivity contribution in [1.29, 1.82) is 0 Å². The molecule has 4 nitrogen and oxygen atoms in total. The summed E-state index contributed by atoms with van der Waals surface area (Å²) in [6.45, 7) is 3.03. The first kappa shape index (κ1) is 16.8. The Labute approximate surface area is 158 Å². The normalized spacial score (nSPS) is 19.6. The largest absolute Gasteiger partial charge is 0.459 e. The monoisotopic (exact) mass is 363 g/mol. The summed E-state index contributed by atoms with van der Waals surface area (Å²) in [5.41, 5.74) is 2.04. The molecule has 0 amide bonds. The Hall–Kier alpha value is -2.66. The molecule has 2 atom stereocenters. The fourth-order valence-corrected chi connectivity index (χ4v) is 3.80. The summed E-state index contributed by atoms with van der Waals surface area (Å²) < 4.78 is 6.26. The van der Waals surface area contributed by atoms with Crippen LogP contribution < -0.4 is 5.32 Å². The van der Waals surface area contributed by atoms with E-state index >= 15 is 0 Å². The summed E-state index contributed by atoms with van der Waals surface area (Å²) in [5.74, 6) is 1.77. The lowest BCUT2D eigenvalue weighted by Gasteiger charge is -2.25. The molecule has 1 fully saturated rings. The van der Waals surface area contributed by atoms with Crippen molar-refractivity contribution in [2.75, 3.05) is 6.54 Å². The summed E-state index contributed by atoms with van der Waals surface area (Å²) in [5, 5.41) is 4.19. The number of benzene rings is 1. The molecule has 4 rings (SSSR count). The average Bonchev–Trinajstić information content (AvgIpc) is 3.29. The Kier molecular flexibility index (Phi) is 4.71. The zero-order valence-corrected chi connectivity index (χ0v) is 15.4. The maximum atomic E-state index is 6.26. The topological polar surface area (TPSA) is 41.3 Å². The van der Waals surface area contributed by atoms with Crippen LogP contribution in [0.15, 0.2) is 71.3 Å². The molecular formula is C21H21N3OS. The Balaban J connectivity index is 1.72. The fraction of sp³-hybridized carbons (Fsp3) is 0.238. The maximum absolute atomic E-state index is 6.26. The minimum absolute atomic E-state index is 0.00480. The number of rotatable bonds is 5. The highest BCUT2D eigenvalue weighted by Crippen LogP contribution is 2.40. The van der Waals surface area contributed by atoms with E-state index in [0.29, 0.717) is 0 Å². The number of pyridine rings is 1. The minimum atomic E-state index is -0.0231. The third-order valence-electron chi connectivity index (χ3n) is 4.64. The van der Waals surface area contributed by atoms with Gasteiger partial charge in [-0.25, -0.2) is 0 Å². The van der Waals surface area contributed by atoms with Gasteiger partial charge >= 0.3 is 0 Å². The lowest BCUT2D eigenvalue weighted by molar-refractivity contribution is 0.275. The van der Waals surface area contributed by atoms with Crippen molar-refractivity contribution in [3.63, 3.8) is 0 Å². The molecule has 1 aromatic carbocycles. The van der Waals surface area contributed by atoms with Crippen LogP contribution in [-0.2, 0) is 0 Å². The quantitative estimate of drug-likeness (QED) is 0.664. The Bertz CT molecular complexity index is 879. The van der Waals surface area contributed by atoms with Crippen LogP contribution in [0.4, 0.5) is 0 Å². The Morgan fingerprint density at radius 2 is 1.88 bits per heavy atom. The van der Waals surface area contributed by atoms with Crippen LogP contribution in [0.25, 0.3) is 11.3 Å². The summed E-state index contributed by atoms with van der Waals surface area (Å²) >= 11 is 5.61. The van der Waals surface area contributed by atoms with E-state index in [4.69, 9.17) is 16.6 Å². The summed E-state index contributed by atoms with van der Waals surface area (Å²) in [7, 11) is 0. The molecule has 5 heteroatoms. The van der Waals surface area contributed by atoms with Crippen LogP contribution in [-0.4, -0.2) is 21.5 Å². The highest BCUT2D eigenvalue weighted by molar-refractivity contribution is 7.80. The average molecular weight is 363 g/mol. The zero-order valence-electron chi connectivity index (χ0n) is 14.6. The molecule has 1 saturated heterocycles. The second-order valence-corrected chi connectivity index (χ2v) is 6.77. The molecule has 0 unspecified atom stereocenters. The van der Waals surface area contributed by atoms with Crippen molar-refractivity contribution in [2.24, 2.45) is 0 Å². The molecule has 0 aliphatic carbocycles. The molecule has 2 aromatic heterocycles. The van der Waals surface area contributed by atoms with Gasteiger partial charge in [0.2, 0.25) is 0 Å². The van der Waals surface area contributed by atoms with Crippen LogP contribution in [0.1, 0.15) is 36.9 Å². The van der Waals surface area contributed by atoms with Crippen molar-refractivity contribution in [3.05, 3.63) is 78.3 Å². The number of nitrogens with zero attached hydrogens (tertiary/aromatic N) is 2. The lowest BCUT2D eigenvalue weighted by Crippen LogP contribution is -2.30. The predicted molar refractivity (Wildman–Crippen MR) is 107 cm³/mol. The molecule has 0 spiro atoms. The third-order valence-corrected chi connectivity index (χ3v) is 4.99. The first-order valence-electron chi connectivity index (χ1n) is 8.91. The highest BCUT2D eigenvalue weighted by atomic mass is 32.1. The van der Waals surface area contributed by atoms with Gasteiger partial charge in [-0.3, -0.25) is 4.98 Å². The first-order chi connectivity index (χ1) is 12.8. The highest BCUT2D eigenvalue weighted by Gasteiger charge is 2.41. The van der Waals surface area contributed by atoms with Crippen molar-refractivity contribution < 1.29 is 4.42 Å². The summed E-state index contributed by atoms with van der Waals surface area (Å²) in [4.78, 5) is 6.75. The molecule has 3 heterocycles. The van der Waals surface area contributed by atoms with Crippen LogP contribution in [0, 0.1) is 0 Å². The Morgan fingerprint density at radius 1 is 1.08 bits per heavy atom. The van der Waals surface area contributed by atoms with Gasteiger partial charge in [-0.1, -0.05) is 43.3 Å². The van der Waals surface area contributed by atoms with Crippen LogP contribution in [0.5, 0.6) is 0 Å². The van der Waals surface area contributed by atoms with Crippen LogP contribution >= 0.6 is 12.2 Å². The van der Waals surface area contributed by atoms with E-state index in [9.17, 15) is 0 Å². The number of hydrogen-bond acceptors (Lipinski definition) is 3. The molecule has 1 aliphatic heterocycles. The van der Waals surface area contributed by atoms with Crippen LogP contribution in [0.3, 0.4) is 0 Å². The van der Waals surface area contributed by atoms with Crippen LogP contribution in [0.2, 0.25) is 0 Å².